The summed E-state index contributed by atoms with van der Waals surface area (Å²) in [5, 5.41) is 5.19. The molecular weight excluding hydrogens is 276 g/mol. The van der Waals surface area contributed by atoms with E-state index < -0.39 is 0 Å². The Labute approximate surface area is 122 Å². The average Bonchev–Trinajstić information content (AvgIpc) is 2.96. The van der Waals surface area contributed by atoms with Gasteiger partial charge in [-0.2, -0.15) is 0 Å². The molecule has 1 aromatic heterocycles. The summed E-state index contributed by atoms with van der Waals surface area (Å²) in [6.07, 6.45) is 1.41. The molecule has 2 heterocycles. The van der Waals surface area contributed by atoms with Gasteiger partial charge in [0.25, 0.3) is 5.91 Å². The highest BCUT2D eigenvalue weighted by Crippen LogP contribution is 2.21. The summed E-state index contributed by atoms with van der Waals surface area (Å²) in [5.41, 5.74) is 6.21. The van der Waals surface area contributed by atoms with Crippen molar-refractivity contribution in [1.29, 1.82) is 0 Å². The van der Waals surface area contributed by atoms with Gasteiger partial charge in [0.15, 0.2) is 0 Å². The Morgan fingerprint density at radius 2 is 2.15 bits per heavy atom. The monoisotopic (exact) mass is 296 g/mol. The van der Waals surface area contributed by atoms with Crippen molar-refractivity contribution in [2.45, 2.75) is 25.8 Å². The van der Waals surface area contributed by atoms with Gasteiger partial charge in [0, 0.05) is 31.4 Å². The number of carbonyl (C=O) groups is 2. The molecule has 1 unspecified atom stereocenters. The SMILES string of the molecule is CNC(=O)C1CCN(C(=O)c2csc(C(C)N)n2)CC1. The molecule has 20 heavy (non-hydrogen) atoms. The number of amides is 2. The van der Waals surface area contributed by atoms with Gasteiger partial charge in [-0.1, -0.05) is 0 Å². The molecular formula is C13H20N4O2S. The van der Waals surface area contributed by atoms with Crippen LogP contribution in [-0.2, 0) is 4.79 Å². The zero-order valence-electron chi connectivity index (χ0n) is 11.8. The number of nitrogens with zero attached hydrogens (tertiary/aromatic N) is 2. The first-order valence-corrected chi connectivity index (χ1v) is 7.62. The van der Waals surface area contributed by atoms with Gasteiger partial charge in [-0.15, -0.1) is 11.3 Å². The molecule has 0 bridgehead atoms. The number of rotatable bonds is 3. The minimum absolute atomic E-state index is 0.0131. The molecule has 1 saturated heterocycles. The maximum absolute atomic E-state index is 12.3. The van der Waals surface area contributed by atoms with Crippen LogP contribution in [0.5, 0.6) is 0 Å². The molecule has 2 rings (SSSR count). The number of hydrogen-bond donors (Lipinski definition) is 2. The molecule has 0 aliphatic carbocycles. The second-order valence-electron chi connectivity index (χ2n) is 5.04. The van der Waals surface area contributed by atoms with E-state index in [-0.39, 0.29) is 23.8 Å². The number of hydrogen-bond acceptors (Lipinski definition) is 5. The van der Waals surface area contributed by atoms with Gasteiger partial charge < -0.3 is 16.0 Å². The predicted molar refractivity (Wildman–Crippen MR) is 77.4 cm³/mol. The number of carbonyl (C=O) groups excluding carboxylic acids is 2. The Balaban J connectivity index is 1.96. The largest absolute Gasteiger partial charge is 0.359 e. The van der Waals surface area contributed by atoms with E-state index in [1.165, 1.54) is 11.3 Å². The minimum Gasteiger partial charge on any atom is -0.359 e. The number of piperidine rings is 1. The summed E-state index contributed by atoms with van der Waals surface area (Å²) in [4.78, 5) is 29.9. The molecule has 0 radical (unpaired) electrons. The lowest BCUT2D eigenvalue weighted by atomic mass is 9.96. The fraction of sp³-hybridized carbons (Fsp3) is 0.615. The van der Waals surface area contributed by atoms with Crippen LogP contribution in [0.4, 0.5) is 0 Å². The van der Waals surface area contributed by atoms with Crippen molar-refractivity contribution in [1.82, 2.24) is 15.2 Å². The smallest absolute Gasteiger partial charge is 0.273 e. The van der Waals surface area contributed by atoms with Gasteiger partial charge in [-0.05, 0) is 19.8 Å². The summed E-state index contributed by atoms with van der Waals surface area (Å²) in [6.45, 7) is 3.05. The third-order valence-electron chi connectivity index (χ3n) is 3.53. The summed E-state index contributed by atoms with van der Waals surface area (Å²) in [5.74, 6) is 0.00705. The Kier molecular flexibility index (Phi) is 4.72. The Bertz CT molecular complexity index is 492. The van der Waals surface area contributed by atoms with E-state index in [0.717, 1.165) is 5.01 Å². The van der Waals surface area contributed by atoms with Gasteiger partial charge in [0.05, 0.1) is 6.04 Å². The van der Waals surface area contributed by atoms with E-state index in [1.54, 1.807) is 17.3 Å². The third-order valence-corrected chi connectivity index (χ3v) is 4.58. The lowest BCUT2D eigenvalue weighted by Crippen LogP contribution is -2.42. The van der Waals surface area contributed by atoms with Gasteiger partial charge in [0.2, 0.25) is 5.91 Å². The molecule has 0 aromatic carbocycles. The van der Waals surface area contributed by atoms with Gasteiger partial charge in [0.1, 0.15) is 10.7 Å². The first kappa shape index (κ1) is 14.9. The van der Waals surface area contributed by atoms with Crippen molar-refractivity contribution in [2.75, 3.05) is 20.1 Å². The molecule has 1 fully saturated rings. The standard InChI is InChI=1S/C13H20N4O2S/c1-8(14)12-16-10(7-20-12)13(19)17-5-3-9(4-6-17)11(18)15-2/h7-9H,3-6,14H2,1-2H3,(H,15,18). The van der Waals surface area contributed by atoms with E-state index >= 15 is 0 Å². The first-order chi connectivity index (χ1) is 9.52. The van der Waals surface area contributed by atoms with Crippen LogP contribution in [0.3, 0.4) is 0 Å². The summed E-state index contributed by atoms with van der Waals surface area (Å²) < 4.78 is 0. The Morgan fingerprint density at radius 1 is 1.50 bits per heavy atom. The van der Waals surface area contributed by atoms with Crippen LogP contribution in [0.25, 0.3) is 0 Å². The van der Waals surface area contributed by atoms with Crippen LogP contribution in [0.15, 0.2) is 5.38 Å². The maximum Gasteiger partial charge on any atom is 0.273 e. The van der Waals surface area contributed by atoms with Crippen molar-refractivity contribution < 1.29 is 9.59 Å². The fourth-order valence-corrected chi connectivity index (χ4v) is 3.06. The Morgan fingerprint density at radius 3 is 2.65 bits per heavy atom. The second-order valence-corrected chi connectivity index (χ2v) is 5.93. The van der Waals surface area contributed by atoms with Crippen LogP contribution in [-0.4, -0.2) is 41.8 Å². The lowest BCUT2D eigenvalue weighted by molar-refractivity contribution is -0.125. The highest BCUT2D eigenvalue weighted by atomic mass is 32.1. The zero-order chi connectivity index (χ0) is 14.7. The van der Waals surface area contributed by atoms with Crippen molar-refractivity contribution >= 4 is 23.2 Å². The lowest BCUT2D eigenvalue weighted by Gasteiger charge is -2.30. The summed E-state index contributed by atoms with van der Waals surface area (Å²) in [6, 6.07) is -0.152. The summed E-state index contributed by atoms with van der Waals surface area (Å²) >= 11 is 1.41. The quantitative estimate of drug-likeness (QED) is 0.862. The van der Waals surface area contributed by atoms with Crippen LogP contribution >= 0.6 is 11.3 Å². The number of aromatic nitrogens is 1. The highest BCUT2D eigenvalue weighted by Gasteiger charge is 2.28. The molecule has 1 aliphatic heterocycles. The maximum atomic E-state index is 12.3. The van der Waals surface area contributed by atoms with Crippen LogP contribution in [0, 0.1) is 5.92 Å². The normalized spacial score (nSPS) is 17.9. The molecule has 0 saturated carbocycles. The zero-order valence-corrected chi connectivity index (χ0v) is 12.6. The number of thiazole rings is 1. The van der Waals surface area contributed by atoms with Crippen LogP contribution in [0.2, 0.25) is 0 Å². The van der Waals surface area contributed by atoms with Crippen molar-refractivity contribution in [3.63, 3.8) is 0 Å². The van der Waals surface area contributed by atoms with Gasteiger partial charge in [-0.25, -0.2) is 4.98 Å². The van der Waals surface area contributed by atoms with E-state index in [9.17, 15) is 9.59 Å². The minimum atomic E-state index is -0.152. The molecule has 1 atom stereocenters. The van der Waals surface area contributed by atoms with Gasteiger partial charge >= 0.3 is 0 Å². The number of nitrogens with two attached hydrogens (primary N) is 1. The molecule has 2 amide bonds. The average molecular weight is 296 g/mol. The van der Waals surface area contributed by atoms with Gasteiger partial charge in [-0.3, -0.25) is 9.59 Å². The van der Waals surface area contributed by atoms with E-state index in [1.807, 2.05) is 6.92 Å². The highest BCUT2D eigenvalue weighted by molar-refractivity contribution is 7.09. The number of nitrogens with one attached hydrogen (secondary N) is 1. The van der Waals surface area contributed by atoms with Crippen molar-refractivity contribution in [2.24, 2.45) is 11.7 Å². The van der Waals surface area contributed by atoms with Crippen LogP contribution < -0.4 is 11.1 Å². The number of likely N-dealkylation sites (tertiary alicyclic amines) is 1. The fourth-order valence-electron chi connectivity index (χ4n) is 2.31. The van der Waals surface area contributed by atoms with E-state index in [4.69, 9.17) is 5.73 Å². The van der Waals surface area contributed by atoms with Crippen molar-refractivity contribution in [3.05, 3.63) is 16.1 Å². The van der Waals surface area contributed by atoms with E-state index in [2.05, 4.69) is 10.3 Å². The molecule has 1 aromatic rings. The molecule has 110 valence electrons. The first-order valence-electron chi connectivity index (χ1n) is 6.74. The molecule has 3 N–H and O–H groups in total. The predicted octanol–water partition coefficient (Wildman–Crippen LogP) is 0.761. The van der Waals surface area contributed by atoms with Crippen molar-refractivity contribution in [3.8, 4) is 0 Å². The summed E-state index contributed by atoms with van der Waals surface area (Å²) in [7, 11) is 1.64. The molecule has 7 heteroatoms. The molecule has 6 nitrogen and oxygen atoms in total. The third kappa shape index (κ3) is 3.16. The van der Waals surface area contributed by atoms with Crippen LogP contribution in [0.1, 0.15) is 41.3 Å². The molecule has 1 aliphatic rings. The second kappa shape index (κ2) is 6.32. The Hall–Kier alpha value is -1.47. The van der Waals surface area contributed by atoms with E-state index in [0.29, 0.717) is 31.6 Å². The topological polar surface area (TPSA) is 88.3 Å². The molecule has 0 spiro atoms.